The second-order valence-corrected chi connectivity index (χ2v) is 7.90. The van der Waals surface area contributed by atoms with Crippen LogP contribution in [-0.2, 0) is 4.74 Å². The highest BCUT2D eigenvalue weighted by Gasteiger charge is 2.35. The van der Waals surface area contributed by atoms with Crippen molar-refractivity contribution in [3.63, 3.8) is 0 Å². The van der Waals surface area contributed by atoms with E-state index in [2.05, 4.69) is 5.32 Å². The zero-order chi connectivity index (χ0) is 18.1. The van der Waals surface area contributed by atoms with Gasteiger partial charge in [0.2, 0.25) is 0 Å². The molecular formula is C15H21N3O5S. The van der Waals surface area contributed by atoms with Gasteiger partial charge in [-0.05, 0) is 32.8 Å². The summed E-state index contributed by atoms with van der Waals surface area (Å²) in [4.78, 5) is 36.5. The highest BCUT2D eigenvalue weighted by Crippen LogP contribution is 2.27. The summed E-state index contributed by atoms with van der Waals surface area (Å²) in [5.74, 6) is -0.190. The number of likely N-dealkylation sites (tertiary alicyclic amines) is 1. The van der Waals surface area contributed by atoms with E-state index in [1.165, 1.54) is 12.1 Å². The van der Waals surface area contributed by atoms with E-state index in [0.29, 0.717) is 18.0 Å². The standard InChI is InChI=1S/C15H21N3O5S/c1-9-7-17(8-10(9)16-14(20)23-15(2,3)4)13(19)11-5-6-12(24-11)18(21)22/h5-6,9-10H,7-8H2,1-4H3,(H,16,20)/t9-,10-/m0/s1. The highest BCUT2D eigenvalue weighted by molar-refractivity contribution is 7.17. The first-order chi connectivity index (χ1) is 11.1. The van der Waals surface area contributed by atoms with E-state index in [0.717, 1.165) is 11.3 Å². The molecule has 0 spiro atoms. The number of hydrogen-bond donors (Lipinski definition) is 1. The van der Waals surface area contributed by atoms with Crippen LogP contribution in [0.25, 0.3) is 0 Å². The molecule has 132 valence electrons. The molecule has 1 aromatic rings. The fraction of sp³-hybridized carbons (Fsp3) is 0.600. The van der Waals surface area contributed by atoms with Gasteiger partial charge in [-0.2, -0.15) is 0 Å². The van der Waals surface area contributed by atoms with E-state index >= 15 is 0 Å². The number of nitro groups is 1. The lowest BCUT2D eigenvalue weighted by Gasteiger charge is -2.23. The van der Waals surface area contributed by atoms with Crippen molar-refractivity contribution in [2.24, 2.45) is 5.92 Å². The first-order valence-corrected chi connectivity index (χ1v) is 8.41. The molecule has 0 radical (unpaired) electrons. The van der Waals surface area contributed by atoms with Crippen molar-refractivity contribution in [1.82, 2.24) is 10.2 Å². The van der Waals surface area contributed by atoms with E-state index in [4.69, 9.17) is 4.74 Å². The largest absolute Gasteiger partial charge is 0.444 e. The van der Waals surface area contributed by atoms with Crippen LogP contribution in [0.1, 0.15) is 37.4 Å². The third-order valence-electron chi connectivity index (χ3n) is 3.58. The van der Waals surface area contributed by atoms with Crippen LogP contribution in [-0.4, -0.2) is 46.6 Å². The fourth-order valence-corrected chi connectivity index (χ4v) is 3.26. The van der Waals surface area contributed by atoms with Crippen molar-refractivity contribution in [2.75, 3.05) is 13.1 Å². The Morgan fingerprint density at radius 2 is 2.04 bits per heavy atom. The number of nitrogens with one attached hydrogen (secondary N) is 1. The number of carbonyl (C=O) groups excluding carboxylic acids is 2. The van der Waals surface area contributed by atoms with Crippen LogP contribution in [0.15, 0.2) is 12.1 Å². The van der Waals surface area contributed by atoms with Gasteiger partial charge in [0.15, 0.2) is 0 Å². The van der Waals surface area contributed by atoms with Gasteiger partial charge < -0.3 is 15.0 Å². The van der Waals surface area contributed by atoms with Crippen LogP contribution in [0.2, 0.25) is 0 Å². The Morgan fingerprint density at radius 3 is 2.58 bits per heavy atom. The molecule has 2 heterocycles. The summed E-state index contributed by atoms with van der Waals surface area (Å²) in [7, 11) is 0. The minimum absolute atomic E-state index is 0.0611. The SMILES string of the molecule is C[C@H]1CN(C(=O)c2ccc([N+](=O)[O-])s2)C[C@@H]1NC(=O)OC(C)(C)C. The van der Waals surface area contributed by atoms with Gasteiger partial charge in [0.1, 0.15) is 5.60 Å². The molecule has 1 aliphatic rings. The van der Waals surface area contributed by atoms with Gasteiger partial charge in [0, 0.05) is 19.2 Å². The maximum Gasteiger partial charge on any atom is 0.407 e. The lowest BCUT2D eigenvalue weighted by Crippen LogP contribution is -2.43. The summed E-state index contributed by atoms with van der Waals surface area (Å²) in [5, 5.41) is 13.5. The lowest BCUT2D eigenvalue weighted by molar-refractivity contribution is -0.380. The van der Waals surface area contributed by atoms with Crippen molar-refractivity contribution in [3.8, 4) is 0 Å². The Labute approximate surface area is 143 Å². The van der Waals surface area contributed by atoms with Crippen LogP contribution in [0.3, 0.4) is 0 Å². The second kappa shape index (κ2) is 6.76. The third kappa shape index (κ3) is 4.44. The lowest BCUT2D eigenvalue weighted by atomic mass is 10.1. The van der Waals surface area contributed by atoms with Gasteiger partial charge in [0.25, 0.3) is 5.91 Å². The second-order valence-electron chi connectivity index (χ2n) is 6.84. The number of alkyl carbamates (subject to hydrolysis) is 1. The average molecular weight is 355 g/mol. The molecule has 0 bridgehead atoms. The monoisotopic (exact) mass is 355 g/mol. The van der Waals surface area contributed by atoms with E-state index in [1.807, 2.05) is 6.92 Å². The quantitative estimate of drug-likeness (QED) is 0.663. The summed E-state index contributed by atoms with van der Waals surface area (Å²) >= 11 is 0.858. The summed E-state index contributed by atoms with van der Waals surface area (Å²) < 4.78 is 5.23. The van der Waals surface area contributed by atoms with Gasteiger partial charge in [0.05, 0.1) is 15.8 Å². The Balaban J connectivity index is 1.98. The number of thiophene rings is 1. The Bertz CT molecular complexity index is 652. The van der Waals surface area contributed by atoms with Gasteiger partial charge in [-0.1, -0.05) is 18.3 Å². The van der Waals surface area contributed by atoms with Gasteiger partial charge in [-0.15, -0.1) is 0 Å². The molecule has 8 nitrogen and oxygen atoms in total. The molecule has 1 N–H and O–H groups in total. The summed E-state index contributed by atoms with van der Waals surface area (Å²) in [6.45, 7) is 8.11. The number of amides is 2. The van der Waals surface area contributed by atoms with Crippen molar-refractivity contribution in [3.05, 3.63) is 27.1 Å². The van der Waals surface area contributed by atoms with Crippen LogP contribution < -0.4 is 5.32 Å². The van der Waals surface area contributed by atoms with Crippen molar-refractivity contribution >= 4 is 28.3 Å². The van der Waals surface area contributed by atoms with Gasteiger partial charge in [-0.3, -0.25) is 14.9 Å². The van der Waals surface area contributed by atoms with Crippen LogP contribution >= 0.6 is 11.3 Å². The highest BCUT2D eigenvalue weighted by atomic mass is 32.1. The minimum atomic E-state index is -0.586. The molecular weight excluding hydrogens is 334 g/mol. The van der Waals surface area contributed by atoms with E-state index in [1.54, 1.807) is 25.7 Å². The third-order valence-corrected chi connectivity index (χ3v) is 4.61. The molecule has 2 rings (SSSR count). The predicted molar refractivity (Wildman–Crippen MR) is 89.2 cm³/mol. The molecule has 2 amide bonds. The molecule has 1 aliphatic heterocycles. The molecule has 0 aliphatic carbocycles. The smallest absolute Gasteiger partial charge is 0.407 e. The molecule has 1 saturated heterocycles. The number of hydrogen-bond acceptors (Lipinski definition) is 6. The van der Waals surface area contributed by atoms with Crippen LogP contribution in [0, 0.1) is 16.0 Å². The number of nitrogens with zero attached hydrogens (tertiary/aromatic N) is 2. The number of rotatable bonds is 3. The summed E-state index contributed by atoms with van der Waals surface area (Å²) in [6, 6.07) is 2.58. The zero-order valence-corrected chi connectivity index (χ0v) is 14.9. The van der Waals surface area contributed by atoms with E-state index in [-0.39, 0.29) is 22.9 Å². The van der Waals surface area contributed by atoms with Crippen molar-refractivity contribution in [2.45, 2.75) is 39.3 Å². The average Bonchev–Trinajstić information content (AvgIpc) is 3.04. The molecule has 1 aromatic heterocycles. The Kier molecular flexibility index (Phi) is 5.12. The van der Waals surface area contributed by atoms with Crippen molar-refractivity contribution in [1.29, 1.82) is 0 Å². The van der Waals surface area contributed by atoms with Gasteiger partial charge >= 0.3 is 11.1 Å². The fourth-order valence-electron chi connectivity index (χ4n) is 2.48. The van der Waals surface area contributed by atoms with E-state index in [9.17, 15) is 19.7 Å². The number of carbonyl (C=O) groups is 2. The number of ether oxygens (including phenoxy) is 1. The molecule has 2 atom stereocenters. The molecule has 0 saturated carbocycles. The normalized spacial score (nSPS) is 20.8. The van der Waals surface area contributed by atoms with Crippen molar-refractivity contribution < 1.29 is 19.2 Å². The summed E-state index contributed by atoms with van der Waals surface area (Å²) in [6.07, 6.45) is -0.514. The minimum Gasteiger partial charge on any atom is -0.444 e. The molecule has 9 heteroatoms. The Hall–Kier alpha value is -2.16. The Morgan fingerprint density at radius 1 is 1.38 bits per heavy atom. The zero-order valence-electron chi connectivity index (χ0n) is 14.1. The first-order valence-electron chi connectivity index (χ1n) is 7.60. The predicted octanol–water partition coefficient (Wildman–Crippen LogP) is 2.64. The van der Waals surface area contributed by atoms with Crippen LogP contribution in [0.4, 0.5) is 9.80 Å². The summed E-state index contributed by atoms with van der Waals surface area (Å²) in [5.41, 5.74) is -0.586. The van der Waals surface area contributed by atoms with E-state index < -0.39 is 16.6 Å². The maximum atomic E-state index is 12.5. The molecule has 24 heavy (non-hydrogen) atoms. The first kappa shape index (κ1) is 18.2. The van der Waals surface area contributed by atoms with Gasteiger partial charge in [-0.25, -0.2) is 4.79 Å². The maximum absolute atomic E-state index is 12.5. The molecule has 0 unspecified atom stereocenters. The topological polar surface area (TPSA) is 102 Å². The molecule has 0 aromatic carbocycles. The van der Waals surface area contributed by atoms with Crippen LogP contribution in [0.5, 0.6) is 0 Å². The molecule has 1 fully saturated rings.